The normalized spacial score (nSPS) is 10.7. The lowest BCUT2D eigenvalue weighted by Gasteiger charge is -2.00. The van der Waals surface area contributed by atoms with Crippen molar-refractivity contribution in [2.24, 2.45) is 0 Å². The molecule has 0 aliphatic heterocycles. The Morgan fingerprint density at radius 1 is 1.25 bits per heavy atom. The van der Waals surface area contributed by atoms with Crippen LogP contribution in [0.3, 0.4) is 0 Å². The second kappa shape index (κ2) is 4.90. The van der Waals surface area contributed by atoms with Crippen molar-refractivity contribution in [2.75, 3.05) is 5.32 Å². The van der Waals surface area contributed by atoms with E-state index in [2.05, 4.69) is 20.4 Å². The van der Waals surface area contributed by atoms with Crippen molar-refractivity contribution in [3.05, 3.63) is 52.8 Å². The molecule has 0 saturated carbocycles. The van der Waals surface area contributed by atoms with Gasteiger partial charge in [-0.15, -0.1) is 5.10 Å². The summed E-state index contributed by atoms with van der Waals surface area (Å²) >= 11 is 5.78. The molecule has 0 fully saturated rings. The molecule has 1 amide bonds. The van der Waals surface area contributed by atoms with Gasteiger partial charge in [0, 0.05) is 22.5 Å². The fraction of sp³-hybridized carbons (Fsp3) is 0.0769. The summed E-state index contributed by atoms with van der Waals surface area (Å²) in [5.41, 5.74) is 1.37. The number of aryl methyl sites for hydroxylation is 1. The van der Waals surface area contributed by atoms with Crippen molar-refractivity contribution in [3.8, 4) is 0 Å². The van der Waals surface area contributed by atoms with Crippen LogP contribution in [0.2, 0.25) is 5.02 Å². The Balaban J connectivity index is 1.87. The molecule has 0 spiro atoms. The Bertz CT molecular complexity index is 781. The van der Waals surface area contributed by atoms with Gasteiger partial charge in [-0.05, 0) is 37.3 Å². The van der Waals surface area contributed by atoms with Gasteiger partial charge in [0.2, 0.25) is 0 Å². The van der Waals surface area contributed by atoms with Crippen LogP contribution in [0.5, 0.6) is 0 Å². The molecule has 1 N–H and O–H groups in total. The Hall–Kier alpha value is -2.47. The summed E-state index contributed by atoms with van der Waals surface area (Å²) < 4.78 is 1.57. The highest BCUT2D eigenvalue weighted by Crippen LogP contribution is 2.11. The van der Waals surface area contributed by atoms with Crippen LogP contribution in [-0.4, -0.2) is 25.5 Å². The number of fused-ring (bicyclic) bond motifs is 1. The average molecular weight is 288 g/mol. The summed E-state index contributed by atoms with van der Waals surface area (Å²) in [6.07, 6.45) is 1.64. The minimum Gasteiger partial charge on any atom is -0.289 e. The number of rotatable bonds is 2. The number of nitrogens with zero attached hydrogens (tertiary/aromatic N) is 4. The minimum atomic E-state index is -0.296. The van der Waals surface area contributed by atoms with Crippen molar-refractivity contribution in [3.63, 3.8) is 0 Å². The summed E-state index contributed by atoms with van der Waals surface area (Å²) in [4.78, 5) is 20.2. The molecular formula is C13H10ClN5O. The first-order valence-electron chi connectivity index (χ1n) is 5.89. The molecule has 3 aromatic rings. The molecule has 3 rings (SSSR count). The standard InChI is InChI=1S/C13H10ClN5O/c1-8-6-7-15-13-17-12(18-19(8)13)16-11(20)9-2-4-10(14)5-3-9/h2-7H,1H3,(H,16,18,20). The van der Waals surface area contributed by atoms with Gasteiger partial charge >= 0.3 is 0 Å². The van der Waals surface area contributed by atoms with E-state index in [1.807, 2.05) is 13.0 Å². The van der Waals surface area contributed by atoms with Crippen LogP contribution < -0.4 is 5.32 Å². The van der Waals surface area contributed by atoms with Gasteiger partial charge in [-0.25, -0.2) is 4.98 Å². The van der Waals surface area contributed by atoms with E-state index < -0.39 is 0 Å². The van der Waals surface area contributed by atoms with Crippen molar-refractivity contribution in [1.29, 1.82) is 0 Å². The largest absolute Gasteiger partial charge is 0.289 e. The number of aromatic nitrogens is 4. The van der Waals surface area contributed by atoms with Crippen molar-refractivity contribution >= 4 is 29.2 Å². The number of halogens is 1. The third kappa shape index (κ3) is 2.33. The first-order chi connectivity index (χ1) is 9.63. The van der Waals surface area contributed by atoms with Crippen LogP contribution in [0, 0.1) is 6.92 Å². The quantitative estimate of drug-likeness (QED) is 0.785. The molecule has 7 heteroatoms. The van der Waals surface area contributed by atoms with Gasteiger partial charge in [-0.2, -0.15) is 9.50 Å². The van der Waals surface area contributed by atoms with E-state index >= 15 is 0 Å². The molecule has 2 aromatic heterocycles. The molecule has 0 radical (unpaired) electrons. The lowest BCUT2D eigenvalue weighted by Crippen LogP contribution is -2.12. The van der Waals surface area contributed by atoms with E-state index in [0.717, 1.165) is 5.69 Å². The number of hydrogen-bond donors (Lipinski definition) is 1. The number of carbonyl (C=O) groups is 1. The molecule has 0 saturated heterocycles. The molecular weight excluding hydrogens is 278 g/mol. The van der Waals surface area contributed by atoms with Gasteiger partial charge in [0.25, 0.3) is 17.6 Å². The Labute approximate surface area is 119 Å². The molecule has 0 aliphatic carbocycles. The third-order valence-electron chi connectivity index (χ3n) is 2.76. The van der Waals surface area contributed by atoms with E-state index in [-0.39, 0.29) is 11.9 Å². The fourth-order valence-electron chi connectivity index (χ4n) is 1.73. The number of carbonyl (C=O) groups excluding carboxylic acids is 1. The molecule has 6 nitrogen and oxygen atoms in total. The fourth-order valence-corrected chi connectivity index (χ4v) is 1.86. The smallest absolute Gasteiger partial charge is 0.258 e. The minimum absolute atomic E-state index is 0.215. The average Bonchev–Trinajstić information content (AvgIpc) is 2.83. The zero-order valence-electron chi connectivity index (χ0n) is 10.5. The van der Waals surface area contributed by atoms with Crippen LogP contribution in [0.25, 0.3) is 5.78 Å². The molecule has 0 aliphatic rings. The van der Waals surface area contributed by atoms with Crippen molar-refractivity contribution < 1.29 is 4.79 Å². The summed E-state index contributed by atoms with van der Waals surface area (Å²) in [6, 6.07) is 8.39. The zero-order chi connectivity index (χ0) is 14.1. The lowest BCUT2D eigenvalue weighted by atomic mass is 10.2. The molecule has 2 heterocycles. The van der Waals surface area contributed by atoms with Crippen LogP contribution >= 0.6 is 11.6 Å². The highest BCUT2D eigenvalue weighted by atomic mass is 35.5. The molecule has 0 unspecified atom stereocenters. The highest BCUT2D eigenvalue weighted by Gasteiger charge is 2.11. The molecule has 100 valence electrons. The molecule has 0 bridgehead atoms. The molecule has 20 heavy (non-hydrogen) atoms. The van der Waals surface area contributed by atoms with E-state index in [9.17, 15) is 4.79 Å². The second-order valence-corrected chi connectivity index (χ2v) is 4.63. The van der Waals surface area contributed by atoms with Gasteiger partial charge in [0.1, 0.15) is 0 Å². The number of benzene rings is 1. The number of hydrogen-bond acceptors (Lipinski definition) is 4. The van der Waals surface area contributed by atoms with Gasteiger partial charge in [0.05, 0.1) is 0 Å². The summed E-state index contributed by atoms with van der Waals surface area (Å²) in [6.45, 7) is 1.88. The third-order valence-corrected chi connectivity index (χ3v) is 3.01. The van der Waals surface area contributed by atoms with E-state index in [1.54, 1.807) is 35.0 Å². The molecule has 1 aromatic carbocycles. The number of amides is 1. The number of nitrogens with one attached hydrogen (secondary N) is 1. The monoisotopic (exact) mass is 287 g/mol. The Kier molecular flexibility index (Phi) is 3.08. The van der Waals surface area contributed by atoms with Gasteiger partial charge < -0.3 is 0 Å². The maximum absolute atomic E-state index is 12.0. The topological polar surface area (TPSA) is 72.2 Å². The zero-order valence-corrected chi connectivity index (χ0v) is 11.3. The van der Waals surface area contributed by atoms with Crippen LogP contribution in [-0.2, 0) is 0 Å². The van der Waals surface area contributed by atoms with Gasteiger partial charge in [0.15, 0.2) is 0 Å². The predicted octanol–water partition coefficient (Wildman–Crippen LogP) is 2.34. The molecule has 0 atom stereocenters. The Morgan fingerprint density at radius 2 is 2.00 bits per heavy atom. The van der Waals surface area contributed by atoms with Gasteiger partial charge in [-0.1, -0.05) is 11.6 Å². The number of anilines is 1. The van der Waals surface area contributed by atoms with Crippen molar-refractivity contribution in [1.82, 2.24) is 19.6 Å². The maximum Gasteiger partial charge on any atom is 0.258 e. The summed E-state index contributed by atoms with van der Waals surface area (Å²) in [7, 11) is 0. The first-order valence-corrected chi connectivity index (χ1v) is 6.26. The first kappa shape index (κ1) is 12.6. The highest BCUT2D eigenvalue weighted by molar-refractivity contribution is 6.30. The van der Waals surface area contributed by atoms with E-state index in [1.165, 1.54) is 0 Å². The maximum atomic E-state index is 12.0. The van der Waals surface area contributed by atoms with Crippen LogP contribution in [0.15, 0.2) is 36.5 Å². The lowest BCUT2D eigenvalue weighted by molar-refractivity contribution is 0.102. The van der Waals surface area contributed by atoms with Crippen LogP contribution in [0.1, 0.15) is 16.1 Å². The van der Waals surface area contributed by atoms with E-state index in [0.29, 0.717) is 16.4 Å². The second-order valence-electron chi connectivity index (χ2n) is 4.19. The van der Waals surface area contributed by atoms with E-state index in [4.69, 9.17) is 11.6 Å². The Morgan fingerprint density at radius 3 is 2.70 bits per heavy atom. The predicted molar refractivity (Wildman–Crippen MR) is 74.9 cm³/mol. The summed E-state index contributed by atoms with van der Waals surface area (Å²) in [5.74, 6) is 0.360. The van der Waals surface area contributed by atoms with Gasteiger partial charge in [-0.3, -0.25) is 10.1 Å². The van der Waals surface area contributed by atoms with Crippen LogP contribution in [0.4, 0.5) is 5.95 Å². The van der Waals surface area contributed by atoms with Crippen molar-refractivity contribution in [2.45, 2.75) is 6.92 Å². The SMILES string of the molecule is Cc1ccnc2nc(NC(=O)c3ccc(Cl)cc3)nn12. The summed E-state index contributed by atoms with van der Waals surface area (Å²) in [5, 5.41) is 7.39.